The van der Waals surface area contributed by atoms with Crippen molar-refractivity contribution in [2.75, 3.05) is 24.7 Å². The van der Waals surface area contributed by atoms with E-state index in [-0.39, 0.29) is 5.91 Å². The van der Waals surface area contributed by atoms with E-state index >= 15 is 0 Å². The monoisotopic (exact) mass is 284 g/mol. The Hall–Kier alpha value is -2.56. The molecule has 2 aromatic rings. The fourth-order valence-electron chi connectivity index (χ4n) is 2.04. The summed E-state index contributed by atoms with van der Waals surface area (Å²) in [4.78, 5) is 16.2. The molecule has 0 aliphatic carbocycles. The number of nitrogens with one attached hydrogen (secondary N) is 3. The fraction of sp³-hybridized carbons (Fsp3) is 0.250. The zero-order valence-electron chi connectivity index (χ0n) is 12.7. The normalized spacial score (nSPS) is 10.1. The predicted octanol–water partition coefficient (Wildman–Crippen LogP) is 2.84. The van der Waals surface area contributed by atoms with Crippen LogP contribution >= 0.6 is 0 Å². The maximum absolute atomic E-state index is 12.0. The molecule has 110 valence electrons. The third-order valence-corrected chi connectivity index (χ3v) is 3.51. The second kappa shape index (κ2) is 6.26. The van der Waals surface area contributed by atoms with Gasteiger partial charge in [-0.2, -0.15) is 0 Å². The number of rotatable bonds is 4. The van der Waals surface area contributed by atoms with Crippen LogP contribution in [0.15, 0.2) is 30.5 Å². The van der Waals surface area contributed by atoms with Gasteiger partial charge in [-0.25, -0.2) is 4.98 Å². The van der Waals surface area contributed by atoms with Crippen LogP contribution in [0.2, 0.25) is 0 Å². The van der Waals surface area contributed by atoms with Crippen LogP contribution < -0.4 is 16.0 Å². The molecule has 0 bridgehead atoms. The van der Waals surface area contributed by atoms with E-state index in [1.807, 2.05) is 18.2 Å². The van der Waals surface area contributed by atoms with Crippen molar-refractivity contribution in [2.45, 2.75) is 13.8 Å². The molecule has 21 heavy (non-hydrogen) atoms. The Kier molecular flexibility index (Phi) is 4.42. The first-order chi connectivity index (χ1) is 10.1. The first-order valence-corrected chi connectivity index (χ1v) is 6.80. The average Bonchev–Trinajstić information content (AvgIpc) is 2.51. The zero-order chi connectivity index (χ0) is 15.4. The van der Waals surface area contributed by atoms with Crippen molar-refractivity contribution in [3.05, 3.63) is 47.2 Å². The number of aromatic nitrogens is 1. The quantitative estimate of drug-likeness (QED) is 0.807. The number of nitrogens with zero attached hydrogens (tertiary/aromatic N) is 1. The van der Waals surface area contributed by atoms with Crippen molar-refractivity contribution >= 4 is 23.1 Å². The predicted molar refractivity (Wildman–Crippen MR) is 86.4 cm³/mol. The summed E-state index contributed by atoms with van der Waals surface area (Å²) in [5, 5.41) is 8.94. The zero-order valence-corrected chi connectivity index (χ0v) is 12.7. The van der Waals surface area contributed by atoms with Gasteiger partial charge in [0, 0.05) is 32.0 Å². The molecule has 0 spiro atoms. The molecule has 1 aromatic heterocycles. The van der Waals surface area contributed by atoms with Gasteiger partial charge < -0.3 is 16.0 Å². The van der Waals surface area contributed by atoms with Gasteiger partial charge >= 0.3 is 0 Å². The van der Waals surface area contributed by atoms with Gasteiger partial charge in [0.25, 0.3) is 5.91 Å². The van der Waals surface area contributed by atoms with Gasteiger partial charge in [0.1, 0.15) is 5.82 Å². The van der Waals surface area contributed by atoms with Gasteiger partial charge in [0.15, 0.2) is 0 Å². The van der Waals surface area contributed by atoms with Crippen LogP contribution in [0.3, 0.4) is 0 Å². The Morgan fingerprint density at radius 2 is 1.90 bits per heavy atom. The summed E-state index contributed by atoms with van der Waals surface area (Å²) in [5.74, 6) is 0.536. The Bertz CT molecular complexity index is 667. The molecule has 1 heterocycles. The molecule has 0 saturated heterocycles. The van der Waals surface area contributed by atoms with E-state index in [0.717, 1.165) is 16.9 Å². The lowest BCUT2D eigenvalue weighted by Gasteiger charge is -2.15. The van der Waals surface area contributed by atoms with Gasteiger partial charge in [-0.3, -0.25) is 4.79 Å². The van der Waals surface area contributed by atoms with Crippen molar-refractivity contribution in [2.24, 2.45) is 0 Å². The average molecular weight is 284 g/mol. The lowest BCUT2D eigenvalue weighted by atomic mass is 10.1. The highest BCUT2D eigenvalue weighted by molar-refractivity contribution is 6.00. The second-order valence-corrected chi connectivity index (χ2v) is 4.82. The lowest BCUT2D eigenvalue weighted by Crippen LogP contribution is -2.19. The SMILES string of the molecule is CNC(=O)c1cnc(NC)cc1Nc1cccc(C)c1C. The molecule has 5 heteroatoms. The fourth-order valence-corrected chi connectivity index (χ4v) is 2.04. The van der Waals surface area contributed by atoms with Crippen LogP contribution in [-0.2, 0) is 0 Å². The molecular formula is C16H20N4O. The topological polar surface area (TPSA) is 66.0 Å². The van der Waals surface area contributed by atoms with E-state index in [4.69, 9.17) is 0 Å². The van der Waals surface area contributed by atoms with Gasteiger partial charge in [-0.15, -0.1) is 0 Å². The number of amides is 1. The molecule has 1 amide bonds. The van der Waals surface area contributed by atoms with Crippen molar-refractivity contribution in [3.8, 4) is 0 Å². The van der Waals surface area contributed by atoms with E-state index in [2.05, 4.69) is 40.8 Å². The Labute approximate surface area is 124 Å². The summed E-state index contributed by atoms with van der Waals surface area (Å²) in [5.41, 5.74) is 4.57. The molecular weight excluding hydrogens is 264 g/mol. The molecule has 3 N–H and O–H groups in total. The number of hydrogen-bond acceptors (Lipinski definition) is 4. The van der Waals surface area contributed by atoms with E-state index in [9.17, 15) is 4.79 Å². The minimum absolute atomic E-state index is 0.169. The third-order valence-electron chi connectivity index (χ3n) is 3.51. The highest BCUT2D eigenvalue weighted by Gasteiger charge is 2.13. The summed E-state index contributed by atoms with van der Waals surface area (Å²) < 4.78 is 0. The van der Waals surface area contributed by atoms with Crippen LogP contribution in [0, 0.1) is 13.8 Å². The molecule has 0 saturated carbocycles. The molecule has 2 rings (SSSR count). The van der Waals surface area contributed by atoms with Crippen LogP contribution in [0.25, 0.3) is 0 Å². The molecule has 0 radical (unpaired) electrons. The van der Waals surface area contributed by atoms with Crippen molar-refractivity contribution in [1.29, 1.82) is 0 Å². The second-order valence-electron chi connectivity index (χ2n) is 4.82. The molecule has 0 aliphatic heterocycles. The number of hydrogen-bond donors (Lipinski definition) is 3. The van der Waals surface area contributed by atoms with Gasteiger partial charge in [-0.05, 0) is 31.0 Å². The minimum Gasteiger partial charge on any atom is -0.373 e. The van der Waals surface area contributed by atoms with Crippen LogP contribution in [0.4, 0.5) is 17.2 Å². The van der Waals surface area contributed by atoms with Crippen molar-refractivity contribution in [1.82, 2.24) is 10.3 Å². The number of carbonyl (C=O) groups is 1. The van der Waals surface area contributed by atoms with Gasteiger partial charge in [-0.1, -0.05) is 12.1 Å². The maximum atomic E-state index is 12.0. The minimum atomic E-state index is -0.169. The third kappa shape index (κ3) is 3.13. The first-order valence-electron chi connectivity index (χ1n) is 6.80. The van der Waals surface area contributed by atoms with Crippen molar-refractivity contribution in [3.63, 3.8) is 0 Å². The Morgan fingerprint density at radius 3 is 2.57 bits per heavy atom. The summed E-state index contributed by atoms with van der Waals surface area (Å²) in [7, 11) is 3.40. The van der Waals surface area contributed by atoms with E-state index in [1.54, 1.807) is 20.3 Å². The highest BCUT2D eigenvalue weighted by Crippen LogP contribution is 2.26. The number of anilines is 3. The summed E-state index contributed by atoms with van der Waals surface area (Å²) >= 11 is 0. The Balaban J connectivity index is 2.46. The standard InChI is InChI=1S/C16H20N4O/c1-10-6-5-7-13(11(10)2)20-14-8-15(17-3)19-9-12(14)16(21)18-4/h5-9H,1-4H3,(H,18,21)(H2,17,19,20). The van der Waals surface area contributed by atoms with Gasteiger partial charge in [0.2, 0.25) is 0 Å². The number of benzene rings is 1. The maximum Gasteiger partial charge on any atom is 0.254 e. The van der Waals surface area contributed by atoms with Crippen LogP contribution in [0.5, 0.6) is 0 Å². The molecule has 0 atom stereocenters. The highest BCUT2D eigenvalue weighted by atomic mass is 16.1. The molecule has 0 fully saturated rings. The molecule has 0 aliphatic rings. The number of carbonyl (C=O) groups excluding carboxylic acids is 1. The number of pyridine rings is 1. The smallest absolute Gasteiger partial charge is 0.254 e. The summed E-state index contributed by atoms with van der Waals surface area (Å²) in [6, 6.07) is 7.87. The number of aryl methyl sites for hydroxylation is 1. The first kappa shape index (κ1) is 14.8. The summed E-state index contributed by atoms with van der Waals surface area (Å²) in [6.45, 7) is 4.11. The largest absolute Gasteiger partial charge is 0.373 e. The Morgan fingerprint density at radius 1 is 1.14 bits per heavy atom. The van der Waals surface area contributed by atoms with E-state index in [0.29, 0.717) is 11.4 Å². The lowest BCUT2D eigenvalue weighted by molar-refractivity contribution is 0.0963. The molecule has 1 aromatic carbocycles. The van der Waals surface area contributed by atoms with Crippen molar-refractivity contribution < 1.29 is 4.79 Å². The molecule has 5 nitrogen and oxygen atoms in total. The van der Waals surface area contributed by atoms with E-state index < -0.39 is 0 Å². The van der Waals surface area contributed by atoms with Gasteiger partial charge in [0.05, 0.1) is 11.3 Å². The van der Waals surface area contributed by atoms with E-state index in [1.165, 1.54) is 5.56 Å². The molecule has 0 unspecified atom stereocenters. The van der Waals surface area contributed by atoms with Crippen LogP contribution in [-0.4, -0.2) is 25.0 Å². The summed E-state index contributed by atoms with van der Waals surface area (Å²) in [6.07, 6.45) is 1.57. The van der Waals surface area contributed by atoms with Crippen LogP contribution in [0.1, 0.15) is 21.5 Å².